The molecule has 0 unspecified atom stereocenters. The van der Waals surface area contributed by atoms with Gasteiger partial charge in [0.2, 0.25) is 0 Å². The normalized spacial score (nSPS) is 16.5. The summed E-state index contributed by atoms with van der Waals surface area (Å²) in [6.07, 6.45) is 6.94. The summed E-state index contributed by atoms with van der Waals surface area (Å²) in [6.45, 7) is 2.61. The van der Waals surface area contributed by atoms with Crippen molar-refractivity contribution in [3.8, 4) is 11.1 Å². The third-order valence-electron chi connectivity index (χ3n) is 5.95. The van der Waals surface area contributed by atoms with E-state index in [1.165, 1.54) is 12.1 Å². The van der Waals surface area contributed by atoms with Crippen LogP contribution in [0, 0.1) is 5.82 Å². The molecule has 1 saturated heterocycles. The predicted octanol–water partition coefficient (Wildman–Crippen LogP) is 3.60. The van der Waals surface area contributed by atoms with Crippen LogP contribution >= 0.6 is 0 Å². The lowest BCUT2D eigenvalue weighted by Gasteiger charge is -2.22. The molecule has 3 aromatic rings. The fourth-order valence-electron chi connectivity index (χ4n) is 4.24. The first-order chi connectivity index (χ1) is 15.2. The van der Waals surface area contributed by atoms with E-state index in [4.69, 9.17) is 0 Å². The Bertz CT molecular complexity index is 1130. The molecule has 0 saturated carbocycles. The number of benzene rings is 2. The van der Waals surface area contributed by atoms with Crippen molar-refractivity contribution in [2.24, 2.45) is 4.99 Å². The highest BCUT2D eigenvalue weighted by Crippen LogP contribution is 2.27. The van der Waals surface area contributed by atoms with Crippen molar-refractivity contribution < 1.29 is 9.18 Å². The Morgan fingerprint density at radius 2 is 1.90 bits per heavy atom. The lowest BCUT2D eigenvalue weighted by atomic mass is 9.93. The maximum absolute atomic E-state index is 13.2. The number of aliphatic imine (C=N–C) groups is 1. The Kier molecular flexibility index (Phi) is 5.34. The predicted molar refractivity (Wildman–Crippen MR) is 119 cm³/mol. The summed E-state index contributed by atoms with van der Waals surface area (Å²) in [4.78, 5) is 17.4. The number of carbonyl (C=O) groups is 1. The molecule has 158 valence electrons. The third-order valence-corrected chi connectivity index (χ3v) is 5.95. The van der Waals surface area contributed by atoms with Crippen molar-refractivity contribution >= 4 is 17.3 Å². The highest BCUT2D eigenvalue weighted by Gasteiger charge is 2.22. The molecule has 0 aliphatic carbocycles. The number of anilines is 1. The van der Waals surface area contributed by atoms with E-state index in [0.717, 1.165) is 54.6 Å². The zero-order chi connectivity index (χ0) is 21.2. The quantitative estimate of drug-likeness (QED) is 0.681. The standard InChI is InChI=1S/C24H24FN5O/c25-19-3-5-20(6-4-19)29-24(31)23-22-13-17(2-1-16(22)7-12-27-23)18-14-28-30(15-18)21-8-10-26-11-9-21/h1-6,13-15,21,26H,7-12H2,(H,29,31). The van der Waals surface area contributed by atoms with Crippen LogP contribution < -0.4 is 10.6 Å². The number of nitrogens with one attached hydrogen (secondary N) is 2. The Morgan fingerprint density at radius 3 is 2.71 bits per heavy atom. The lowest BCUT2D eigenvalue weighted by Crippen LogP contribution is -2.29. The van der Waals surface area contributed by atoms with Crippen LogP contribution in [0.25, 0.3) is 11.1 Å². The van der Waals surface area contributed by atoms with Crippen LogP contribution in [-0.2, 0) is 11.2 Å². The summed E-state index contributed by atoms with van der Waals surface area (Å²) in [5.41, 5.74) is 4.96. The van der Waals surface area contributed by atoms with E-state index in [9.17, 15) is 9.18 Å². The van der Waals surface area contributed by atoms with Crippen LogP contribution in [-0.4, -0.2) is 41.0 Å². The lowest BCUT2D eigenvalue weighted by molar-refractivity contribution is -0.110. The van der Waals surface area contributed by atoms with Crippen molar-refractivity contribution in [3.63, 3.8) is 0 Å². The van der Waals surface area contributed by atoms with Gasteiger partial charge < -0.3 is 10.6 Å². The van der Waals surface area contributed by atoms with Gasteiger partial charge >= 0.3 is 0 Å². The van der Waals surface area contributed by atoms with Gasteiger partial charge in [0.05, 0.1) is 12.2 Å². The molecule has 1 fully saturated rings. The Balaban J connectivity index is 1.40. The fourth-order valence-corrected chi connectivity index (χ4v) is 4.24. The second kappa shape index (κ2) is 8.43. The van der Waals surface area contributed by atoms with Gasteiger partial charge in [0.15, 0.2) is 0 Å². The van der Waals surface area contributed by atoms with E-state index in [-0.39, 0.29) is 11.7 Å². The number of halogens is 1. The molecule has 3 heterocycles. The van der Waals surface area contributed by atoms with Gasteiger partial charge in [-0.15, -0.1) is 0 Å². The number of aromatic nitrogens is 2. The first-order valence-corrected chi connectivity index (χ1v) is 10.7. The van der Waals surface area contributed by atoms with E-state index in [0.29, 0.717) is 24.0 Å². The average molecular weight is 417 g/mol. The molecule has 2 aliphatic heterocycles. The zero-order valence-electron chi connectivity index (χ0n) is 17.1. The minimum Gasteiger partial charge on any atom is -0.321 e. The molecular weight excluding hydrogens is 393 g/mol. The summed E-state index contributed by atoms with van der Waals surface area (Å²) in [5, 5.41) is 10.8. The van der Waals surface area contributed by atoms with Gasteiger partial charge in [-0.05, 0) is 73.8 Å². The second-order valence-corrected chi connectivity index (χ2v) is 8.00. The Morgan fingerprint density at radius 1 is 1.10 bits per heavy atom. The van der Waals surface area contributed by atoms with Gasteiger partial charge in [-0.25, -0.2) is 4.39 Å². The second-order valence-electron chi connectivity index (χ2n) is 8.00. The van der Waals surface area contributed by atoms with Crippen molar-refractivity contribution in [1.29, 1.82) is 0 Å². The summed E-state index contributed by atoms with van der Waals surface area (Å²) >= 11 is 0. The summed E-state index contributed by atoms with van der Waals surface area (Å²) in [5.74, 6) is -0.622. The molecule has 5 rings (SSSR count). The van der Waals surface area contributed by atoms with E-state index in [2.05, 4.69) is 43.7 Å². The number of nitrogens with zero attached hydrogens (tertiary/aromatic N) is 3. The van der Waals surface area contributed by atoms with E-state index < -0.39 is 0 Å². The van der Waals surface area contributed by atoms with Crippen LogP contribution in [0.2, 0.25) is 0 Å². The van der Waals surface area contributed by atoms with Crippen molar-refractivity contribution in [2.75, 3.05) is 25.0 Å². The molecule has 2 N–H and O–H groups in total. The number of piperidine rings is 1. The molecule has 1 amide bonds. The van der Waals surface area contributed by atoms with Crippen molar-refractivity contribution in [3.05, 3.63) is 71.8 Å². The molecule has 0 bridgehead atoms. The van der Waals surface area contributed by atoms with Crippen LogP contribution in [0.15, 0.2) is 59.9 Å². The first-order valence-electron chi connectivity index (χ1n) is 10.7. The SMILES string of the molecule is O=C(Nc1ccc(F)cc1)C1=NCCc2ccc(-c3cnn(C4CCNCC4)c3)cc21. The van der Waals surface area contributed by atoms with Crippen molar-refractivity contribution in [1.82, 2.24) is 15.1 Å². The fraction of sp³-hybridized carbons (Fsp3) is 0.292. The average Bonchev–Trinajstić information content (AvgIpc) is 3.31. The molecule has 0 spiro atoms. The topological polar surface area (TPSA) is 71.3 Å². The smallest absolute Gasteiger partial charge is 0.274 e. The molecule has 6 nitrogen and oxygen atoms in total. The van der Waals surface area contributed by atoms with Gasteiger partial charge in [0.25, 0.3) is 5.91 Å². The van der Waals surface area contributed by atoms with Crippen LogP contribution in [0.4, 0.5) is 10.1 Å². The van der Waals surface area contributed by atoms with Crippen molar-refractivity contribution in [2.45, 2.75) is 25.3 Å². The molecule has 7 heteroatoms. The molecular formula is C24H24FN5O. The van der Waals surface area contributed by atoms with Crippen LogP contribution in [0.5, 0.6) is 0 Å². The maximum atomic E-state index is 13.2. The number of hydrogen-bond donors (Lipinski definition) is 2. The van der Waals surface area contributed by atoms with Gasteiger partial charge in [-0.2, -0.15) is 5.10 Å². The highest BCUT2D eigenvalue weighted by molar-refractivity contribution is 6.49. The number of fused-ring (bicyclic) bond motifs is 1. The van der Waals surface area contributed by atoms with Gasteiger partial charge in [0, 0.05) is 29.6 Å². The van der Waals surface area contributed by atoms with Crippen LogP contribution in [0.1, 0.15) is 30.0 Å². The largest absolute Gasteiger partial charge is 0.321 e. The third kappa shape index (κ3) is 4.14. The molecule has 2 aromatic carbocycles. The highest BCUT2D eigenvalue weighted by atomic mass is 19.1. The number of amides is 1. The Labute approximate surface area is 180 Å². The number of rotatable bonds is 4. The Hall–Kier alpha value is -3.32. The minimum absolute atomic E-state index is 0.282. The zero-order valence-corrected chi connectivity index (χ0v) is 17.1. The van der Waals surface area contributed by atoms with Crippen LogP contribution in [0.3, 0.4) is 0 Å². The van der Waals surface area contributed by atoms with E-state index in [1.807, 2.05) is 12.3 Å². The molecule has 2 aliphatic rings. The number of carbonyl (C=O) groups excluding carboxylic acids is 1. The molecule has 1 aromatic heterocycles. The summed E-state index contributed by atoms with van der Waals surface area (Å²) in [6, 6.07) is 12.4. The minimum atomic E-state index is -0.340. The van der Waals surface area contributed by atoms with E-state index >= 15 is 0 Å². The molecule has 0 atom stereocenters. The summed E-state index contributed by atoms with van der Waals surface area (Å²) < 4.78 is 15.2. The maximum Gasteiger partial charge on any atom is 0.274 e. The van der Waals surface area contributed by atoms with Gasteiger partial charge in [-0.3, -0.25) is 14.5 Å². The molecule has 31 heavy (non-hydrogen) atoms. The van der Waals surface area contributed by atoms with E-state index in [1.54, 1.807) is 12.1 Å². The van der Waals surface area contributed by atoms with Gasteiger partial charge in [0.1, 0.15) is 11.5 Å². The molecule has 0 radical (unpaired) electrons. The number of hydrogen-bond acceptors (Lipinski definition) is 4. The van der Waals surface area contributed by atoms with Gasteiger partial charge in [-0.1, -0.05) is 12.1 Å². The summed E-state index contributed by atoms with van der Waals surface area (Å²) in [7, 11) is 0. The first kappa shape index (κ1) is 19.6. The monoisotopic (exact) mass is 417 g/mol.